The molecule has 6 nitrogen and oxygen atoms in total. The van der Waals surface area contributed by atoms with Gasteiger partial charge in [0.1, 0.15) is 12.4 Å². The van der Waals surface area contributed by atoms with Crippen molar-refractivity contribution >= 4 is 35.1 Å². The van der Waals surface area contributed by atoms with E-state index in [1.807, 2.05) is 0 Å². The van der Waals surface area contributed by atoms with Crippen LogP contribution in [0.15, 0.2) is 0 Å². The SMILES string of the molecule is CC(=O)C[C@H](C)C(=S)N1C(=O)OCC1C(=O)O. The summed E-state index contributed by atoms with van der Waals surface area (Å²) in [6, 6.07) is -1.09. The molecular weight excluding hydrogens is 246 g/mol. The molecule has 1 rings (SSSR count). The molecule has 0 aromatic carbocycles. The maximum atomic E-state index is 11.4. The molecule has 7 heteroatoms. The monoisotopic (exact) mass is 259 g/mol. The van der Waals surface area contributed by atoms with Crippen LogP contribution in [-0.2, 0) is 14.3 Å². The molecule has 1 aliphatic rings. The Morgan fingerprint density at radius 2 is 2.24 bits per heavy atom. The predicted octanol–water partition coefficient (Wildman–Crippen LogP) is 0.834. The van der Waals surface area contributed by atoms with Crippen LogP contribution >= 0.6 is 12.2 Å². The molecule has 0 radical (unpaired) electrons. The van der Waals surface area contributed by atoms with Crippen molar-refractivity contribution in [1.82, 2.24) is 4.90 Å². The predicted molar refractivity (Wildman–Crippen MR) is 61.7 cm³/mol. The Kier molecular flexibility index (Phi) is 4.17. The first kappa shape index (κ1) is 13.6. The van der Waals surface area contributed by atoms with Crippen molar-refractivity contribution in [2.75, 3.05) is 6.61 Å². The van der Waals surface area contributed by atoms with E-state index in [0.29, 0.717) is 0 Å². The van der Waals surface area contributed by atoms with E-state index >= 15 is 0 Å². The highest BCUT2D eigenvalue weighted by atomic mass is 32.1. The van der Waals surface area contributed by atoms with E-state index in [0.717, 1.165) is 4.90 Å². The fourth-order valence-corrected chi connectivity index (χ4v) is 1.89. The Bertz CT molecular complexity index is 381. The van der Waals surface area contributed by atoms with Gasteiger partial charge in [-0.25, -0.2) is 9.59 Å². The summed E-state index contributed by atoms with van der Waals surface area (Å²) in [5.74, 6) is -1.61. The second-order valence-electron chi connectivity index (χ2n) is 3.95. The van der Waals surface area contributed by atoms with E-state index in [9.17, 15) is 14.4 Å². The van der Waals surface area contributed by atoms with E-state index in [-0.39, 0.29) is 29.7 Å². The number of Topliss-reactive ketones (excluding diaryl/α,β-unsaturated/α-hetero) is 1. The minimum absolute atomic E-state index is 0.0701. The van der Waals surface area contributed by atoms with Gasteiger partial charge < -0.3 is 14.6 Å². The van der Waals surface area contributed by atoms with Crippen molar-refractivity contribution in [3.05, 3.63) is 0 Å². The molecule has 0 aromatic heterocycles. The fourth-order valence-electron chi connectivity index (χ4n) is 1.60. The van der Waals surface area contributed by atoms with Gasteiger partial charge in [-0.15, -0.1) is 0 Å². The average molecular weight is 259 g/mol. The number of carboxylic acid groups (broad SMARTS) is 1. The van der Waals surface area contributed by atoms with E-state index < -0.39 is 18.1 Å². The standard InChI is InChI=1S/C10H13NO5S/c1-5(3-6(2)12)8(17)11-7(9(13)14)4-16-10(11)15/h5,7H,3-4H2,1-2H3,(H,13,14)/t5-,7?/m0/s1. The molecule has 2 atom stereocenters. The Morgan fingerprint density at radius 1 is 1.65 bits per heavy atom. The number of ether oxygens (including phenoxy) is 1. The summed E-state index contributed by atoms with van der Waals surface area (Å²) in [6.07, 6.45) is -0.590. The first-order chi connectivity index (χ1) is 7.84. The number of thiocarbonyl (C=S) groups is 1. The van der Waals surface area contributed by atoms with Gasteiger partial charge in [-0.3, -0.25) is 4.90 Å². The quantitative estimate of drug-likeness (QED) is 0.753. The molecule has 1 amide bonds. The largest absolute Gasteiger partial charge is 0.480 e. The highest BCUT2D eigenvalue weighted by molar-refractivity contribution is 7.80. The number of aliphatic carboxylic acids is 1. The van der Waals surface area contributed by atoms with Crippen molar-refractivity contribution in [3.63, 3.8) is 0 Å². The zero-order valence-corrected chi connectivity index (χ0v) is 10.3. The lowest BCUT2D eigenvalue weighted by molar-refractivity contribution is -0.140. The summed E-state index contributed by atoms with van der Waals surface area (Å²) in [6.45, 7) is 2.87. The lowest BCUT2D eigenvalue weighted by Crippen LogP contribution is -2.45. The molecule has 1 heterocycles. The zero-order valence-electron chi connectivity index (χ0n) is 9.50. The van der Waals surface area contributed by atoms with Crippen molar-refractivity contribution < 1.29 is 24.2 Å². The minimum Gasteiger partial charge on any atom is -0.480 e. The summed E-state index contributed by atoms with van der Waals surface area (Å²) in [7, 11) is 0. The van der Waals surface area contributed by atoms with Gasteiger partial charge >= 0.3 is 12.1 Å². The molecule has 0 bridgehead atoms. The normalized spacial score (nSPS) is 20.9. The van der Waals surface area contributed by atoms with Gasteiger partial charge in [0, 0.05) is 12.3 Å². The van der Waals surface area contributed by atoms with Crippen molar-refractivity contribution in [3.8, 4) is 0 Å². The van der Waals surface area contributed by atoms with Gasteiger partial charge in [0.25, 0.3) is 0 Å². The number of hydrogen-bond donors (Lipinski definition) is 1. The lowest BCUT2D eigenvalue weighted by atomic mass is 10.0. The highest BCUT2D eigenvalue weighted by Gasteiger charge is 2.41. The molecule has 17 heavy (non-hydrogen) atoms. The topological polar surface area (TPSA) is 83.9 Å². The summed E-state index contributed by atoms with van der Waals surface area (Å²) in [5.41, 5.74) is 0. The Morgan fingerprint density at radius 3 is 2.71 bits per heavy atom. The number of cyclic esters (lactones) is 1. The molecule has 0 spiro atoms. The van der Waals surface area contributed by atoms with E-state index in [4.69, 9.17) is 17.3 Å². The summed E-state index contributed by atoms with van der Waals surface area (Å²) in [4.78, 5) is 34.3. The van der Waals surface area contributed by atoms with E-state index in [2.05, 4.69) is 4.74 Å². The smallest absolute Gasteiger partial charge is 0.415 e. The molecule has 1 saturated heterocycles. The fraction of sp³-hybridized carbons (Fsp3) is 0.600. The van der Waals surface area contributed by atoms with Crippen LogP contribution in [-0.4, -0.2) is 45.5 Å². The Labute approximate surface area is 104 Å². The van der Waals surface area contributed by atoms with E-state index in [1.54, 1.807) is 6.92 Å². The van der Waals surface area contributed by atoms with Crippen LogP contribution in [0.5, 0.6) is 0 Å². The van der Waals surface area contributed by atoms with Gasteiger partial charge in [-0.2, -0.15) is 0 Å². The van der Waals surface area contributed by atoms with Gasteiger partial charge in [-0.1, -0.05) is 19.1 Å². The van der Waals surface area contributed by atoms with Gasteiger partial charge in [0.05, 0.1) is 4.99 Å². The number of hydrogen-bond acceptors (Lipinski definition) is 5. The minimum atomic E-state index is -1.17. The Hall–Kier alpha value is -1.50. The molecule has 94 valence electrons. The van der Waals surface area contributed by atoms with Crippen LogP contribution in [0.2, 0.25) is 0 Å². The number of nitrogens with zero attached hydrogens (tertiary/aromatic N) is 1. The van der Waals surface area contributed by atoms with Crippen molar-refractivity contribution in [1.29, 1.82) is 0 Å². The Balaban J connectivity index is 2.82. The molecule has 0 saturated carbocycles. The van der Waals surface area contributed by atoms with Crippen LogP contribution < -0.4 is 0 Å². The molecule has 0 aliphatic carbocycles. The molecule has 1 N–H and O–H groups in total. The number of carbonyl (C=O) groups excluding carboxylic acids is 2. The van der Waals surface area contributed by atoms with Gasteiger partial charge in [0.15, 0.2) is 6.04 Å². The maximum Gasteiger partial charge on any atom is 0.415 e. The molecule has 1 unspecified atom stereocenters. The van der Waals surface area contributed by atoms with Crippen molar-refractivity contribution in [2.45, 2.75) is 26.3 Å². The number of carbonyl (C=O) groups is 3. The van der Waals surface area contributed by atoms with Gasteiger partial charge in [0.2, 0.25) is 0 Å². The first-order valence-electron chi connectivity index (χ1n) is 5.06. The average Bonchev–Trinajstić information content (AvgIpc) is 2.58. The van der Waals surface area contributed by atoms with E-state index in [1.165, 1.54) is 6.92 Å². The van der Waals surface area contributed by atoms with Crippen LogP contribution in [0, 0.1) is 5.92 Å². The van der Waals surface area contributed by atoms with Gasteiger partial charge in [-0.05, 0) is 6.92 Å². The molecule has 0 aromatic rings. The summed E-state index contributed by atoms with van der Waals surface area (Å²) < 4.78 is 4.65. The number of rotatable bonds is 4. The van der Waals surface area contributed by atoms with Crippen LogP contribution in [0.4, 0.5) is 4.79 Å². The third-order valence-corrected chi connectivity index (χ3v) is 3.01. The maximum absolute atomic E-state index is 11.4. The lowest BCUT2D eigenvalue weighted by Gasteiger charge is -2.22. The van der Waals surface area contributed by atoms with Crippen LogP contribution in [0.1, 0.15) is 20.3 Å². The summed E-state index contributed by atoms with van der Waals surface area (Å²) in [5, 5.41) is 8.91. The number of amides is 1. The second-order valence-corrected chi connectivity index (χ2v) is 4.36. The molecule has 1 fully saturated rings. The number of carboxylic acids is 1. The third kappa shape index (κ3) is 3.00. The third-order valence-electron chi connectivity index (χ3n) is 2.41. The first-order valence-corrected chi connectivity index (χ1v) is 5.47. The molecular formula is C10H13NO5S. The molecule has 1 aliphatic heterocycles. The second kappa shape index (κ2) is 5.22. The zero-order chi connectivity index (χ0) is 13.2. The summed E-state index contributed by atoms with van der Waals surface area (Å²) >= 11 is 5.04. The van der Waals surface area contributed by atoms with Crippen molar-refractivity contribution in [2.24, 2.45) is 5.92 Å². The highest BCUT2D eigenvalue weighted by Crippen LogP contribution is 2.19. The van der Waals surface area contributed by atoms with Crippen LogP contribution in [0.3, 0.4) is 0 Å². The van der Waals surface area contributed by atoms with Crippen LogP contribution in [0.25, 0.3) is 0 Å². The number of ketones is 1.